The molecular formula is C26H23N5O4. The monoisotopic (exact) mass is 469 g/mol. The Morgan fingerprint density at radius 2 is 1.69 bits per heavy atom. The third-order valence-electron chi connectivity index (χ3n) is 5.61. The summed E-state index contributed by atoms with van der Waals surface area (Å²) in [7, 11) is 0. The zero-order chi connectivity index (χ0) is 24.0. The minimum Gasteiger partial charge on any atom is -0.467 e. The molecule has 1 N–H and O–H groups in total. The number of aromatic nitrogens is 3. The van der Waals surface area contributed by atoms with Crippen LogP contribution in [0.5, 0.6) is 0 Å². The van der Waals surface area contributed by atoms with Gasteiger partial charge in [-0.1, -0.05) is 47.7 Å². The van der Waals surface area contributed by atoms with Gasteiger partial charge in [0.1, 0.15) is 23.6 Å². The molecule has 0 aliphatic carbocycles. The number of para-hydroxylation sites is 1. The predicted octanol–water partition coefficient (Wildman–Crippen LogP) is 3.70. The van der Waals surface area contributed by atoms with Gasteiger partial charge in [0.05, 0.1) is 24.6 Å². The normalized spacial score (nSPS) is 11.9. The van der Waals surface area contributed by atoms with Gasteiger partial charge in [0.15, 0.2) is 6.04 Å². The van der Waals surface area contributed by atoms with E-state index in [0.29, 0.717) is 17.0 Å². The molecule has 5 aromatic rings. The van der Waals surface area contributed by atoms with Crippen LogP contribution >= 0.6 is 0 Å². The van der Waals surface area contributed by atoms with Gasteiger partial charge in [-0.25, -0.2) is 4.68 Å². The zero-order valence-electron chi connectivity index (χ0n) is 18.8. The van der Waals surface area contributed by atoms with Crippen LogP contribution in [0.2, 0.25) is 0 Å². The molecule has 2 aromatic carbocycles. The minimum atomic E-state index is -0.998. The lowest BCUT2D eigenvalue weighted by molar-refractivity contribution is -0.143. The van der Waals surface area contributed by atoms with Crippen molar-refractivity contribution in [2.45, 2.75) is 25.7 Å². The highest BCUT2D eigenvalue weighted by atomic mass is 16.3. The van der Waals surface area contributed by atoms with Gasteiger partial charge in [-0.3, -0.25) is 9.59 Å². The Morgan fingerprint density at radius 1 is 0.914 bits per heavy atom. The fourth-order valence-corrected chi connectivity index (χ4v) is 3.91. The summed E-state index contributed by atoms with van der Waals surface area (Å²) in [4.78, 5) is 28.7. The summed E-state index contributed by atoms with van der Waals surface area (Å²) in [6.07, 6.45) is 3.03. The van der Waals surface area contributed by atoms with E-state index >= 15 is 0 Å². The molecule has 0 fully saturated rings. The summed E-state index contributed by atoms with van der Waals surface area (Å²) < 4.78 is 12.5. The number of carbonyl (C=O) groups excluding carboxylic acids is 2. The van der Waals surface area contributed by atoms with Crippen molar-refractivity contribution in [2.75, 3.05) is 0 Å². The highest BCUT2D eigenvalue weighted by Gasteiger charge is 2.34. The van der Waals surface area contributed by atoms with Crippen molar-refractivity contribution in [1.29, 1.82) is 0 Å². The van der Waals surface area contributed by atoms with Gasteiger partial charge in [-0.15, -0.1) is 5.10 Å². The van der Waals surface area contributed by atoms with Crippen LogP contribution in [-0.4, -0.2) is 31.7 Å². The fraction of sp³-hybridized carbons (Fsp3) is 0.154. The van der Waals surface area contributed by atoms with E-state index in [-0.39, 0.29) is 31.4 Å². The molecule has 0 saturated carbocycles. The topological polar surface area (TPSA) is 106 Å². The largest absolute Gasteiger partial charge is 0.467 e. The first-order valence-corrected chi connectivity index (χ1v) is 11.1. The Bertz CT molecular complexity index is 1390. The van der Waals surface area contributed by atoms with Gasteiger partial charge in [0, 0.05) is 6.54 Å². The maximum atomic E-state index is 13.7. The van der Waals surface area contributed by atoms with Gasteiger partial charge in [-0.05, 0) is 42.0 Å². The summed E-state index contributed by atoms with van der Waals surface area (Å²) in [5, 5.41) is 11.1. The second kappa shape index (κ2) is 10.1. The van der Waals surface area contributed by atoms with Gasteiger partial charge in [0.25, 0.3) is 5.91 Å². The average molecular weight is 470 g/mol. The van der Waals surface area contributed by atoms with Crippen LogP contribution in [0.4, 0.5) is 0 Å². The first kappa shape index (κ1) is 22.1. The standard InChI is InChI=1S/C26H23N5O4/c32-24(18-31-22-12-5-4-11-21(22)28-29-31)30(17-19-8-2-1-3-9-19)25(23-13-7-15-35-23)26(33)27-16-20-10-6-14-34-20/h1-15,25H,16-18H2,(H,27,33). The third kappa shape index (κ3) is 4.98. The summed E-state index contributed by atoms with van der Waals surface area (Å²) >= 11 is 0. The fourth-order valence-electron chi connectivity index (χ4n) is 3.91. The predicted molar refractivity (Wildman–Crippen MR) is 127 cm³/mol. The lowest BCUT2D eigenvalue weighted by Gasteiger charge is -2.30. The number of rotatable bonds is 9. The molecule has 0 bridgehead atoms. The summed E-state index contributed by atoms with van der Waals surface area (Å²) in [5.41, 5.74) is 2.30. The van der Waals surface area contributed by atoms with E-state index in [1.165, 1.54) is 15.8 Å². The highest BCUT2D eigenvalue weighted by molar-refractivity contribution is 5.88. The molecule has 5 rings (SSSR count). The van der Waals surface area contributed by atoms with Gasteiger partial charge >= 0.3 is 0 Å². The molecule has 35 heavy (non-hydrogen) atoms. The van der Waals surface area contributed by atoms with E-state index < -0.39 is 6.04 Å². The number of amides is 2. The Hall–Kier alpha value is -4.66. The molecule has 0 aliphatic rings. The molecule has 3 aromatic heterocycles. The van der Waals surface area contributed by atoms with Crippen LogP contribution in [-0.2, 0) is 29.2 Å². The van der Waals surface area contributed by atoms with Crippen LogP contribution in [0.25, 0.3) is 11.0 Å². The molecule has 0 saturated heterocycles. The van der Waals surface area contributed by atoms with E-state index in [1.54, 1.807) is 30.5 Å². The number of nitrogens with zero attached hydrogens (tertiary/aromatic N) is 4. The van der Waals surface area contributed by atoms with Crippen molar-refractivity contribution in [3.63, 3.8) is 0 Å². The lowest BCUT2D eigenvalue weighted by Crippen LogP contribution is -2.44. The molecule has 176 valence electrons. The van der Waals surface area contributed by atoms with E-state index in [9.17, 15) is 9.59 Å². The van der Waals surface area contributed by atoms with Gasteiger partial charge < -0.3 is 19.1 Å². The van der Waals surface area contributed by atoms with Crippen LogP contribution in [0.15, 0.2) is 100 Å². The van der Waals surface area contributed by atoms with E-state index in [0.717, 1.165) is 11.1 Å². The van der Waals surface area contributed by atoms with Crippen LogP contribution in [0.3, 0.4) is 0 Å². The van der Waals surface area contributed by atoms with E-state index in [1.807, 2.05) is 54.6 Å². The molecule has 2 amide bonds. The Morgan fingerprint density at radius 3 is 2.46 bits per heavy atom. The summed E-state index contributed by atoms with van der Waals surface area (Å²) in [5.74, 6) is 0.268. The summed E-state index contributed by atoms with van der Waals surface area (Å²) in [6.45, 7) is 0.298. The van der Waals surface area contributed by atoms with Crippen molar-refractivity contribution in [1.82, 2.24) is 25.2 Å². The second-order valence-corrected chi connectivity index (χ2v) is 7.96. The molecule has 0 radical (unpaired) electrons. The van der Waals surface area contributed by atoms with Crippen LogP contribution in [0, 0.1) is 0 Å². The SMILES string of the molecule is O=C(NCc1ccco1)C(c1ccco1)N(Cc1ccccc1)C(=O)Cn1nnc2ccccc21. The number of carbonyl (C=O) groups is 2. The van der Waals surface area contributed by atoms with Crippen molar-refractivity contribution in [2.24, 2.45) is 0 Å². The smallest absolute Gasteiger partial charge is 0.251 e. The molecule has 0 spiro atoms. The van der Waals surface area contributed by atoms with Crippen LogP contribution in [0.1, 0.15) is 23.1 Å². The van der Waals surface area contributed by atoms with Gasteiger partial charge in [-0.2, -0.15) is 0 Å². The highest BCUT2D eigenvalue weighted by Crippen LogP contribution is 2.25. The third-order valence-corrected chi connectivity index (χ3v) is 5.61. The maximum absolute atomic E-state index is 13.7. The lowest BCUT2D eigenvalue weighted by atomic mass is 10.1. The molecule has 9 nitrogen and oxygen atoms in total. The average Bonchev–Trinajstić information content (AvgIpc) is 3.66. The van der Waals surface area contributed by atoms with E-state index in [4.69, 9.17) is 8.83 Å². The molecule has 0 aliphatic heterocycles. The molecule has 9 heteroatoms. The zero-order valence-corrected chi connectivity index (χ0v) is 18.8. The van der Waals surface area contributed by atoms with E-state index in [2.05, 4.69) is 15.6 Å². The Labute approximate surface area is 200 Å². The quantitative estimate of drug-likeness (QED) is 0.353. The minimum absolute atomic E-state index is 0.0873. The van der Waals surface area contributed by atoms with Crippen molar-refractivity contribution in [3.8, 4) is 0 Å². The Balaban J connectivity index is 1.47. The maximum Gasteiger partial charge on any atom is 0.251 e. The number of furan rings is 2. The van der Waals surface area contributed by atoms with Crippen molar-refractivity contribution >= 4 is 22.8 Å². The molecule has 1 unspecified atom stereocenters. The van der Waals surface area contributed by atoms with Crippen molar-refractivity contribution < 1.29 is 18.4 Å². The first-order valence-electron chi connectivity index (χ1n) is 11.1. The van der Waals surface area contributed by atoms with Crippen LogP contribution < -0.4 is 5.32 Å². The molecule has 3 heterocycles. The number of nitrogens with one attached hydrogen (secondary N) is 1. The van der Waals surface area contributed by atoms with Crippen molar-refractivity contribution in [3.05, 3.63) is 108 Å². The molecular weight excluding hydrogens is 446 g/mol. The number of fused-ring (bicyclic) bond motifs is 1. The number of hydrogen-bond acceptors (Lipinski definition) is 6. The molecule has 1 atom stereocenters. The first-order chi connectivity index (χ1) is 17.2. The Kier molecular flexibility index (Phi) is 6.38. The van der Waals surface area contributed by atoms with Gasteiger partial charge in [0.2, 0.25) is 5.91 Å². The summed E-state index contributed by atoms with van der Waals surface area (Å²) in [6, 6.07) is 22.8. The number of hydrogen-bond donors (Lipinski definition) is 1. The number of benzene rings is 2. The second-order valence-electron chi connectivity index (χ2n) is 7.96.